The summed E-state index contributed by atoms with van der Waals surface area (Å²) in [5, 5.41) is 2.76. The number of alkyl halides is 3. The van der Waals surface area contributed by atoms with Crippen LogP contribution in [-0.2, 0) is 17.4 Å². The van der Waals surface area contributed by atoms with Crippen LogP contribution in [0, 0.1) is 0 Å². The van der Waals surface area contributed by atoms with Gasteiger partial charge < -0.3 is 19.8 Å². The van der Waals surface area contributed by atoms with E-state index < -0.39 is 17.8 Å². The number of nitrogens with zero attached hydrogens (tertiary/aromatic N) is 2. The van der Waals surface area contributed by atoms with E-state index in [1.807, 2.05) is 13.0 Å². The van der Waals surface area contributed by atoms with Crippen LogP contribution in [0.3, 0.4) is 0 Å². The number of hydrogen-bond acceptors (Lipinski definition) is 5. The molecule has 35 heavy (non-hydrogen) atoms. The number of halogens is 3. The van der Waals surface area contributed by atoms with Crippen LogP contribution in [0.25, 0.3) is 11.0 Å². The number of H-pyrrole nitrogens is 1. The lowest BCUT2D eigenvalue weighted by molar-refractivity contribution is -0.137. The van der Waals surface area contributed by atoms with Gasteiger partial charge in [-0.15, -0.1) is 0 Å². The molecule has 2 aliphatic heterocycles. The Bertz CT molecular complexity index is 1480. The number of benzene rings is 2. The number of anilines is 1. The fraction of sp³-hybridized carbons (Fsp3) is 0.240. The SMILES string of the molecule is CC1c2cc(Oc3ccnc4c3CCC(=O)N4)ccc2OC1c1nc2ccc(C(F)(F)F)cc2[nH]1. The molecule has 2 atom stereocenters. The molecule has 10 heteroatoms. The third-order valence-corrected chi connectivity index (χ3v) is 6.38. The van der Waals surface area contributed by atoms with Gasteiger partial charge in [0.05, 0.1) is 16.6 Å². The lowest BCUT2D eigenvalue weighted by Gasteiger charge is -2.19. The van der Waals surface area contributed by atoms with Crippen molar-refractivity contribution < 1.29 is 27.4 Å². The predicted molar refractivity (Wildman–Crippen MR) is 121 cm³/mol. The van der Waals surface area contributed by atoms with Gasteiger partial charge in [-0.25, -0.2) is 9.97 Å². The highest BCUT2D eigenvalue weighted by Crippen LogP contribution is 2.47. The molecule has 2 unspecified atom stereocenters. The highest BCUT2D eigenvalue weighted by Gasteiger charge is 2.36. The van der Waals surface area contributed by atoms with E-state index >= 15 is 0 Å². The minimum absolute atomic E-state index is 0.0723. The van der Waals surface area contributed by atoms with Crippen molar-refractivity contribution in [3.63, 3.8) is 0 Å². The first-order valence-electron chi connectivity index (χ1n) is 11.1. The van der Waals surface area contributed by atoms with Crippen LogP contribution >= 0.6 is 0 Å². The van der Waals surface area contributed by atoms with E-state index in [0.717, 1.165) is 23.3 Å². The first-order chi connectivity index (χ1) is 16.8. The maximum atomic E-state index is 13.1. The molecule has 4 aromatic rings. The van der Waals surface area contributed by atoms with E-state index in [0.29, 0.717) is 52.8 Å². The molecule has 2 aromatic heterocycles. The molecule has 2 aliphatic rings. The van der Waals surface area contributed by atoms with Crippen molar-refractivity contribution in [2.24, 2.45) is 0 Å². The number of rotatable bonds is 3. The van der Waals surface area contributed by atoms with Gasteiger partial charge in [0.15, 0.2) is 6.10 Å². The average molecular weight is 480 g/mol. The number of ether oxygens (including phenoxy) is 2. The van der Waals surface area contributed by atoms with Gasteiger partial charge in [-0.1, -0.05) is 6.92 Å². The van der Waals surface area contributed by atoms with Crippen molar-refractivity contribution in [1.82, 2.24) is 15.0 Å². The van der Waals surface area contributed by atoms with Crippen LogP contribution in [0.15, 0.2) is 48.7 Å². The maximum absolute atomic E-state index is 13.1. The molecule has 1 amide bonds. The maximum Gasteiger partial charge on any atom is 0.416 e. The number of aromatic amines is 1. The summed E-state index contributed by atoms with van der Waals surface area (Å²) in [6, 6.07) is 10.7. The van der Waals surface area contributed by atoms with Crippen LogP contribution in [0.4, 0.5) is 19.0 Å². The predicted octanol–water partition coefficient (Wildman–Crippen LogP) is 5.89. The van der Waals surface area contributed by atoms with E-state index in [2.05, 4.69) is 20.3 Å². The van der Waals surface area contributed by atoms with E-state index in [1.54, 1.807) is 24.4 Å². The van der Waals surface area contributed by atoms with Gasteiger partial charge in [-0.05, 0) is 48.9 Å². The van der Waals surface area contributed by atoms with Crippen molar-refractivity contribution in [1.29, 1.82) is 0 Å². The molecule has 178 valence electrons. The van der Waals surface area contributed by atoms with Gasteiger partial charge in [-0.2, -0.15) is 13.2 Å². The Morgan fingerprint density at radius 1 is 1.11 bits per heavy atom. The summed E-state index contributed by atoms with van der Waals surface area (Å²) in [6.45, 7) is 1.97. The van der Waals surface area contributed by atoms with Crippen LogP contribution in [-0.4, -0.2) is 20.9 Å². The zero-order valence-electron chi connectivity index (χ0n) is 18.4. The number of hydrogen-bond donors (Lipinski definition) is 2. The normalized spacial score (nSPS) is 19.1. The van der Waals surface area contributed by atoms with Crippen molar-refractivity contribution in [2.75, 3.05) is 5.32 Å². The fourth-order valence-corrected chi connectivity index (χ4v) is 4.57. The van der Waals surface area contributed by atoms with Crippen LogP contribution in [0.2, 0.25) is 0 Å². The second-order valence-corrected chi connectivity index (χ2v) is 8.66. The molecule has 0 spiro atoms. The number of fused-ring (bicyclic) bond motifs is 3. The third kappa shape index (κ3) is 3.74. The second kappa shape index (κ2) is 7.72. The molecule has 0 saturated carbocycles. The Hall–Kier alpha value is -4.08. The van der Waals surface area contributed by atoms with Crippen molar-refractivity contribution >= 4 is 22.8 Å². The Balaban J connectivity index is 1.27. The molecule has 2 aromatic carbocycles. The van der Waals surface area contributed by atoms with Crippen LogP contribution in [0.5, 0.6) is 17.2 Å². The molecule has 0 saturated heterocycles. The molecule has 0 bridgehead atoms. The van der Waals surface area contributed by atoms with E-state index in [1.165, 1.54) is 6.07 Å². The lowest BCUT2D eigenvalue weighted by Crippen LogP contribution is -2.20. The van der Waals surface area contributed by atoms with Gasteiger partial charge >= 0.3 is 6.18 Å². The van der Waals surface area contributed by atoms with Gasteiger partial charge in [0.25, 0.3) is 0 Å². The Morgan fingerprint density at radius 3 is 2.80 bits per heavy atom. The number of nitrogens with one attached hydrogen (secondary N) is 2. The largest absolute Gasteiger partial charge is 0.482 e. The Kier molecular flexibility index (Phi) is 4.73. The molecule has 0 fully saturated rings. The molecule has 0 radical (unpaired) electrons. The summed E-state index contributed by atoms with van der Waals surface area (Å²) in [7, 11) is 0. The summed E-state index contributed by atoms with van der Waals surface area (Å²) in [6.07, 6.45) is -2.41. The Morgan fingerprint density at radius 2 is 1.97 bits per heavy atom. The van der Waals surface area contributed by atoms with Crippen molar-refractivity contribution in [3.05, 3.63) is 71.2 Å². The number of aromatic nitrogens is 3. The third-order valence-electron chi connectivity index (χ3n) is 6.38. The Labute approximate surface area is 197 Å². The number of imidazole rings is 1. The number of amides is 1. The molecular weight excluding hydrogens is 461 g/mol. The molecule has 2 N–H and O–H groups in total. The van der Waals surface area contributed by atoms with Gasteiger partial charge in [0.2, 0.25) is 5.91 Å². The minimum atomic E-state index is -4.43. The smallest absolute Gasteiger partial charge is 0.416 e. The summed E-state index contributed by atoms with van der Waals surface area (Å²) in [5.41, 5.74) is 1.76. The highest BCUT2D eigenvalue weighted by molar-refractivity contribution is 5.93. The van der Waals surface area contributed by atoms with Gasteiger partial charge in [0, 0.05) is 29.7 Å². The lowest BCUT2D eigenvalue weighted by atomic mass is 9.97. The summed E-state index contributed by atoms with van der Waals surface area (Å²) in [4.78, 5) is 23.4. The first-order valence-corrected chi connectivity index (χ1v) is 11.1. The monoisotopic (exact) mass is 480 g/mol. The first kappa shape index (κ1) is 21.5. The van der Waals surface area contributed by atoms with Crippen molar-refractivity contribution in [2.45, 2.75) is 38.0 Å². The van der Waals surface area contributed by atoms with Gasteiger partial charge in [-0.3, -0.25) is 4.79 Å². The van der Waals surface area contributed by atoms with Crippen LogP contribution in [0.1, 0.15) is 47.9 Å². The summed E-state index contributed by atoms with van der Waals surface area (Å²) < 4.78 is 51.5. The number of pyridine rings is 1. The molecule has 0 aliphatic carbocycles. The second-order valence-electron chi connectivity index (χ2n) is 8.66. The molecule has 6 rings (SSSR count). The zero-order valence-corrected chi connectivity index (χ0v) is 18.4. The highest BCUT2D eigenvalue weighted by atomic mass is 19.4. The topological polar surface area (TPSA) is 89.1 Å². The van der Waals surface area contributed by atoms with E-state index in [-0.39, 0.29) is 11.8 Å². The van der Waals surface area contributed by atoms with E-state index in [9.17, 15) is 18.0 Å². The number of carbonyl (C=O) groups excluding carboxylic acids is 1. The van der Waals surface area contributed by atoms with Gasteiger partial charge in [0.1, 0.15) is 28.9 Å². The molecule has 4 heterocycles. The number of carbonyl (C=O) groups is 1. The van der Waals surface area contributed by atoms with E-state index in [4.69, 9.17) is 9.47 Å². The quantitative estimate of drug-likeness (QED) is 0.382. The fourth-order valence-electron chi connectivity index (χ4n) is 4.57. The standard InChI is InChI=1S/C25H19F3N4O3/c1-12-16-11-14(34-20-8-9-29-23-15(20)4-7-21(33)32-23)3-6-19(16)35-22(12)24-30-17-5-2-13(25(26,27)28)10-18(17)31-24/h2-3,5-6,8-12,22H,4,7H2,1H3,(H,30,31)(H,29,32,33). The average Bonchev–Trinajstić information content (AvgIpc) is 3.39. The zero-order chi connectivity index (χ0) is 24.3. The van der Waals surface area contributed by atoms with Crippen molar-refractivity contribution in [3.8, 4) is 17.2 Å². The minimum Gasteiger partial charge on any atom is -0.482 e. The molecule has 7 nitrogen and oxygen atoms in total. The van der Waals surface area contributed by atoms with Crippen LogP contribution < -0.4 is 14.8 Å². The molecular formula is C25H19F3N4O3. The summed E-state index contributed by atoms with van der Waals surface area (Å²) >= 11 is 0. The summed E-state index contributed by atoms with van der Waals surface area (Å²) in [5.74, 6) is 2.66.